The Kier molecular flexibility index (Phi) is 2.82. The molecule has 4 nitrogen and oxygen atoms in total. The van der Waals surface area contributed by atoms with Gasteiger partial charge in [-0.15, -0.1) is 0 Å². The minimum Gasteiger partial charge on any atom is -0.368 e. The van der Waals surface area contributed by atoms with Crippen molar-refractivity contribution < 1.29 is 0 Å². The molecule has 1 aliphatic carbocycles. The van der Waals surface area contributed by atoms with Crippen molar-refractivity contribution in [2.45, 2.75) is 38.1 Å². The van der Waals surface area contributed by atoms with E-state index in [4.69, 9.17) is 17.3 Å². The van der Waals surface area contributed by atoms with Gasteiger partial charge in [0.1, 0.15) is 11.0 Å². The quantitative estimate of drug-likeness (QED) is 0.822. The van der Waals surface area contributed by atoms with E-state index in [-0.39, 0.29) is 5.95 Å². The first kappa shape index (κ1) is 11.1. The van der Waals surface area contributed by atoms with E-state index in [1.54, 1.807) is 0 Å². The lowest BCUT2D eigenvalue weighted by atomic mass is 9.98. The van der Waals surface area contributed by atoms with E-state index in [9.17, 15) is 0 Å². The van der Waals surface area contributed by atoms with Crippen molar-refractivity contribution in [3.05, 3.63) is 11.2 Å². The van der Waals surface area contributed by atoms with Crippen LogP contribution < -0.4 is 10.6 Å². The highest BCUT2D eigenvalue weighted by atomic mass is 35.5. The first-order valence-electron chi connectivity index (χ1n) is 6.31. The highest BCUT2D eigenvalue weighted by Crippen LogP contribution is 2.41. The summed E-state index contributed by atoms with van der Waals surface area (Å²) in [4.78, 5) is 10.6. The lowest BCUT2D eigenvalue weighted by Crippen LogP contribution is -2.41. The standard InChI is InChI=1S/C12H17ClN4/c13-10-7-11(16-12(14)15-10)17-6-2-1-3-9(17)8-4-5-8/h7-9H,1-6H2,(H2,14,15,16). The van der Waals surface area contributed by atoms with E-state index in [0.29, 0.717) is 11.2 Å². The molecule has 1 aromatic heterocycles. The zero-order chi connectivity index (χ0) is 11.8. The number of piperidine rings is 1. The summed E-state index contributed by atoms with van der Waals surface area (Å²) in [6.45, 7) is 1.06. The molecular weight excluding hydrogens is 236 g/mol. The number of hydrogen-bond donors (Lipinski definition) is 1. The number of aromatic nitrogens is 2. The Morgan fingerprint density at radius 2 is 2.06 bits per heavy atom. The van der Waals surface area contributed by atoms with Crippen LogP contribution in [0.2, 0.25) is 5.15 Å². The van der Waals surface area contributed by atoms with Crippen LogP contribution in [0, 0.1) is 5.92 Å². The van der Waals surface area contributed by atoms with E-state index < -0.39 is 0 Å². The van der Waals surface area contributed by atoms with Crippen LogP contribution in [-0.2, 0) is 0 Å². The van der Waals surface area contributed by atoms with Crippen molar-refractivity contribution in [1.82, 2.24) is 9.97 Å². The van der Waals surface area contributed by atoms with Gasteiger partial charge in [0.15, 0.2) is 0 Å². The van der Waals surface area contributed by atoms with Crippen molar-refractivity contribution in [3.8, 4) is 0 Å². The maximum absolute atomic E-state index is 5.95. The normalized spacial score (nSPS) is 25.0. The van der Waals surface area contributed by atoms with E-state index in [2.05, 4.69) is 14.9 Å². The molecule has 2 fully saturated rings. The van der Waals surface area contributed by atoms with Crippen LogP contribution in [-0.4, -0.2) is 22.6 Å². The molecule has 5 heteroatoms. The molecule has 1 atom stereocenters. The van der Waals surface area contributed by atoms with Gasteiger partial charge < -0.3 is 10.6 Å². The summed E-state index contributed by atoms with van der Waals surface area (Å²) in [7, 11) is 0. The maximum Gasteiger partial charge on any atom is 0.223 e. The molecule has 2 N–H and O–H groups in total. The lowest BCUT2D eigenvalue weighted by molar-refractivity contribution is 0.421. The van der Waals surface area contributed by atoms with Crippen LogP contribution in [0.15, 0.2) is 6.07 Å². The Morgan fingerprint density at radius 3 is 2.76 bits per heavy atom. The van der Waals surface area contributed by atoms with Crippen LogP contribution in [0.3, 0.4) is 0 Å². The Morgan fingerprint density at radius 1 is 1.24 bits per heavy atom. The van der Waals surface area contributed by atoms with Gasteiger partial charge in [-0.25, -0.2) is 4.98 Å². The molecule has 0 spiro atoms. The van der Waals surface area contributed by atoms with Crippen LogP contribution in [0.25, 0.3) is 0 Å². The number of halogens is 1. The first-order chi connectivity index (χ1) is 8.24. The van der Waals surface area contributed by atoms with E-state index in [1.165, 1.54) is 32.1 Å². The highest BCUT2D eigenvalue weighted by Gasteiger charge is 2.37. The SMILES string of the molecule is Nc1nc(Cl)cc(N2CCCCC2C2CC2)n1. The predicted octanol–water partition coefficient (Wildman–Crippen LogP) is 2.48. The van der Waals surface area contributed by atoms with Gasteiger partial charge in [0.05, 0.1) is 0 Å². The van der Waals surface area contributed by atoms with Crippen LogP contribution in [0.4, 0.5) is 11.8 Å². The molecule has 1 aromatic rings. The summed E-state index contributed by atoms with van der Waals surface area (Å²) < 4.78 is 0. The molecule has 1 aliphatic heterocycles. The van der Waals surface area contributed by atoms with Crippen molar-refractivity contribution >= 4 is 23.4 Å². The summed E-state index contributed by atoms with van der Waals surface area (Å²) in [6.07, 6.45) is 6.54. The molecule has 0 radical (unpaired) electrons. The average molecular weight is 253 g/mol. The molecule has 92 valence electrons. The number of anilines is 2. The van der Waals surface area contributed by atoms with Gasteiger partial charge in [0.25, 0.3) is 0 Å². The second-order valence-corrected chi connectivity index (χ2v) is 5.39. The van der Waals surface area contributed by atoms with E-state index in [0.717, 1.165) is 18.3 Å². The van der Waals surface area contributed by atoms with E-state index >= 15 is 0 Å². The first-order valence-corrected chi connectivity index (χ1v) is 6.68. The fraction of sp³-hybridized carbons (Fsp3) is 0.667. The second-order valence-electron chi connectivity index (χ2n) is 5.00. The van der Waals surface area contributed by atoms with Gasteiger partial charge in [0.2, 0.25) is 5.95 Å². The zero-order valence-electron chi connectivity index (χ0n) is 9.77. The molecule has 1 unspecified atom stereocenters. The van der Waals surface area contributed by atoms with E-state index in [1.807, 2.05) is 6.07 Å². The maximum atomic E-state index is 5.95. The second kappa shape index (κ2) is 4.33. The molecule has 3 rings (SSSR count). The summed E-state index contributed by atoms with van der Waals surface area (Å²) >= 11 is 5.95. The number of nitrogen functional groups attached to an aromatic ring is 1. The largest absolute Gasteiger partial charge is 0.368 e. The number of hydrogen-bond acceptors (Lipinski definition) is 4. The van der Waals surface area contributed by atoms with Gasteiger partial charge in [0, 0.05) is 18.7 Å². The fourth-order valence-electron chi connectivity index (χ4n) is 2.78. The average Bonchev–Trinajstić information content (AvgIpc) is 3.11. The lowest BCUT2D eigenvalue weighted by Gasteiger charge is -2.37. The summed E-state index contributed by atoms with van der Waals surface area (Å²) in [5.41, 5.74) is 5.67. The minimum atomic E-state index is 0.271. The molecule has 1 saturated heterocycles. The molecule has 1 saturated carbocycles. The third kappa shape index (κ3) is 2.32. The van der Waals surface area contributed by atoms with Crippen molar-refractivity contribution in [2.24, 2.45) is 5.92 Å². The van der Waals surface area contributed by atoms with Crippen LogP contribution in [0.5, 0.6) is 0 Å². The third-order valence-electron chi connectivity index (χ3n) is 3.71. The molecular formula is C12H17ClN4. The smallest absolute Gasteiger partial charge is 0.223 e. The predicted molar refractivity (Wildman–Crippen MR) is 69.2 cm³/mol. The molecule has 0 bridgehead atoms. The van der Waals surface area contributed by atoms with Gasteiger partial charge in [-0.1, -0.05) is 11.6 Å². The third-order valence-corrected chi connectivity index (χ3v) is 3.90. The molecule has 0 amide bonds. The Hall–Kier alpha value is -1.03. The van der Waals surface area contributed by atoms with Crippen LogP contribution in [0.1, 0.15) is 32.1 Å². The Balaban J connectivity index is 1.88. The molecule has 2 aliphatic rings. The molecule has 17 heavy (non-hydrogen) atoms. The van der Waals surface area contributed by atoms with Crippen molar-refractivity contribution in [1.29, 1.82) is 0 Å². The van der Waals surface area contributed by atoms with Crippen molar-refractivity contribution in [2.75, 3.05) is 17.2 Å². The Bertz CT molecular complexity index is 399. The fourth-order valence-corrected chi connectivity index (χ4v) is 2.97. The summed E-state index contributed by atoms with van der Waals surface area (Å²) in [6, 6.07) is 2.47. The number of nitrogens with two attached hydrogens (primary N) is 1. The number of nitrogens with zero attached hydrogens (tertiary/aromatic N) is 3. The van der Waals surface area contributed by atoms with Gasteiger partial charge in [-0.05, 0) is 38.0 Å². The summed E-state index contributed by atoms with van der Waals surface area (Å²) in [5.74, 6) is 2.02. The van der Waals surface area contributed by atoms with Crippen molar-refractivity contribution in [3.63, 3.8) is 0 Å². The highest BCUT2D eigenvalue weighted by molar-refractivity contribution is 6.29. The topological polar surface area (TPSA) is 55.0 Å². The van der Waals surface area contributed by atoms with Gasteiger partial charge in [-0.3, -0.25) is 0 Å². The molecule has 2 heterocycles. The Labute approximate surface area is 106 Å². The summed E-state index contributed by atoms with van der Waals surface area (Å²) in [5, 5.41) is 0.438. The van der Waals surface area contributed by atoms with Crippen LogP contribution >= 0.6 is 11.6 Å². The minimum absolute atomic E-state index is 0.271. The monoisotopic (exact) mass is 252 g/mol. The zero-order valence-corrected chi connectivity index (χ0v) is 10.5. The molecule has 0 aromatic carbocycles. The van der Waals surface area contributed by atoms with Gasteiger partial charge in [-0.2, -0.15) is 4.98 Å². The van der Waals surface area contributed by atoms with Gasteiger partial charge >= 0.3 is 0 Å². The number of rotatable bonds is 2.